The molecule has 0 fully saturated rings. The highest BCUT2D eigenvalue weighted by molar-refractivity contribution is 8.00. The van der Waals surface area contributed by atoms with Crippen LogP contribution in [-0.4, -0.2) is 11.5 Å². The third-order valence-electron chi connectivity index (χ3n) is 3.06. The lowest BCUT2D eigenvalue weighted by Gasteiger charge is -2.10. The molecule has 92 valence electrons. The third-order valence-corrected chi connectivity index (χ3v) is 5.49. The highest BCUT2D eigenvalue weighted by atomic mass is 32.2. The van der Waals surface area contributed by atoms with Crippen molar-refractivity contribution in [1.82, 2.24) is 0 Å². The minimum atomic E-state index is -0.166. The number of thioether (sulfide) groups is 2. The first-order chi connectivity index (χ1) is 8.83. The zero-order chi connectivity index (χ0) is 12.4. The van der Waals surface area contributed by atoms with Gasteiger partial charge >= 0.3 is 0 Å². The number of rotatable bonds is 3. The first kappa shape index (κ1) is 12.1. The minimum Gasteiger partial charge on any atom is -0.207 e. The van der Waals surface area contributed by atoms with Crippen molar-refractivity contribution in [1.29, 1.82) is 0 Å². The summed E-state index contributed by atoms with van der Waals surface area (Å²) in [5.74, 6) is 2.67. The van der Waals surface area contributed by atoms with Crippen LogP contribution in [0.3, 0.4) is 0 Å². The van der Waals surface area contributed by atoms with Crippen LogP contribution in [0.4, 0.5) is 4.39 Å². The van der Waals surface area contributed by atoms with Gasteiger partial charge in [0, 0.05) is 27.2 Å². The Morgan fingerprint density at radius 2 is 1.89 bits per heavy atom. The van der Waals surface area contributed by atoms with E-state index in [1.165, 1.54) is 22.6 Å². The molecule has 3 rings (SSSR count). The zero-order valence-electron chi connectivity index (χ0n) is 9.80. The minimum absolute atomic E-state index is 0.166. The predicted octanol–water partition coefficient (Wildman–Crippen LogP) is 4.81. The van der Waals surface area contributed by atoms with Crippen molar-refractivity contribution >= 4 is 23.5 Å². The topological polar surface area (TPSA) is 0 Å². The molecule has 0 radical (unpaired) electrons. The molecule has 2 aromatic rings. The van der Waals surface area contributed by atoms with Crippen LogP contribution in [0.15, 0.2) is 58.3 Å². The normalized spacial score (nSPS) is 17.7. The van der Waals surface area contributed by atoms with E-state index in [1.807, 2.05) is 35.7 Å². The van der Waals surface area contributed by atoms with E-state index in [0.29, 0.717) is 5.92 Å². The molecule has 1 atom stereocenters. The van der Waals surface area contributed by atoms with Gasteiger partial charge in [-0.15, -0.1) is 23.5 Å². The highest BCUT2D eigenvalue weighted by Crippen LogP contribution is 2.41. The van der Waals surface area contributed by atoms with Gasteiger partial charge in [-0.3, -0.25) is 0 Å². The molecule has 0 amide bonds. The molecular formula is C15H13FS2. The second-order valence-electron chi connectivity index (χ2n) is 4.31. The molecule has 0 saturated heterocycles. The van der Waals surface area contributed by atoms with E-state index >= 15 is 0 Å². The van der Waals surface area contributed by atoms with E-state index in [4.69, 9.17) is 0 Å². The highest BCUT2D eigenvalue weighted by Gasteiger charge is 2.22. The Labute approximate surface area is 115 Å². The Morgan fingerprint density at radius 1 is 1.11 bits per heavy atom. The van der Waals surface area contributed by atoms with Crippen LogP contribution in [-0.2, 0) is 0 Å². The lowest BCUT2D eigenvalue weighted by atomic mass is 10.0. The maximum atomic E-state index is 12.8. The van der Waals surface area contributed by atoms with E-state index in [2.05, 4.69) is 24.3 Å². The standard InChI is InChI=1S/C15H13FS2/c16-12-5-7-13(8-6-12)17-9-11-10-18-15-4-2-1-3-14(11)15/h1-8,11H,9-10H2. The van der Waals surface area contributed by atoms with Gasteiger partial charge in [-0.05, 0) is 35.9 Å². The molecule has 0 spiro atoms. The van der Waals surface area contributed by atoms with Gasteiger partial charge in [0.05, 0.1) is 0 Å². The Hall–Kier alpha value is -0.930. The molecule has 0 bridgehead atoms. The summed E-state index contributed by atoms with van der Waals surface area (Å²) in [6.45, 7) is 0. The molecule has 1 unspecified atom stereocenters. The number of hydrogen-bond donors (Lipinski definition) is 0. The molecule has 2 aromatic carbocycles. The van der Waals surface area contributed by atoms with Gasteiger partial charge in [0.25, 0.3) is 0 Å². The van der Waals surface area contributed by atoms with Crippen molar-refractivity contribution in [2.24, 2.45) is 0 Å². The van der Waals surface area contributed by atoms with Crippen LogP contribution in [0.5, 0.6) is 0 Å². The average molecular weight is 276 g/mol. The Kier molecular flexibility index (Phi) is 3.62. The SMILES string of the molecule is Fc1ccc(SCC2CSc3ccccc32)cc1. The van der Waals surface area contributed by atoms with Gasteiger partial charge in [-0.1, -0.05) is 18.2 Å². The van der Waals surface area contributed by atoms with Crippen LogP contribution >= 0.6 is 23.5 Å². The van der Waals surface area contributed by atoms with Gasteiger partial charge in [-0.2, -0.15) is 0 Å². The summed E-state index contributed by atoms with van der Waals surface area (Å²) in [7, 11) is 0. The second-order valence-corrected chi connectivity index (χ2v) is 6.47. The average Bonchev–Trinajstić information content (AvgIpc) is 2.82. The molecule has 0 aromatic heterocycles. The van der Waals surface area contributed by atoms with E-state index in [0.717, 1.165) is 16.4 Å². The van der Waals surface area contributed by atoms with Crippen LogP contribution in [0, 0.1) is 5.82 Å². The van der Waals surface area contributed by atoms with Crippen molar-refractivity contribution in [2.75, 3.05) is 11.5 Å². The first-order valence-corrected chi connectivity index (χ1v) is 7.90. The van der Waals surface area contributed by atoms with E-state index in [9.17, 15) is 4.39 Å². The van der Waals surface area contributed by atoms with Crippen LogP contribution in [0.1, 0.15) is 11.5 Å². The smallest absolute Gasteiger partial charge is 0.123 e. The molecule has 1 aliphatic heterocycles. The molecule has 0 nitrogen and oxygen atoms in total. The maximum Gasteiger partial charge on any atom is 0.123 e. The summed E-state index contributed by atoms with van der Waals surface area (Å²) in [6.07, 6.45) is 0. The summed E-state index contributed by atoms with van der Waals surface area (Å²) in [4.78, 5) is 2.56. The maximum absolute atomic E-state index is 12.8. The number of fused-ring (bicyclic) bond motifs is 1. The number of hydrogen-bond acceptors (Lipinski definition) is 2. The van der Waals surface area contributed by atoms with E-state index in [-0.39, 0.29) is 5.82 Å². The number of halogens is 1. The first-order valence-electron chi connectivity index (χ1n) is 5.93. The van der Waals surface area contributed by atoms with Gasteiger partial charge in [0.15, 0.2) is 0 Å². The summed E-state index contributed by atoms with van der Waals surface area (Å²) in [6, 6.07) is 15.4. The zero-order valence-corrected chi connectivity index (χ0v) is 11.4. The quantitative estimate of drug-likeness (QED) is 0.738. The molecule has 3 heteroatoms. The van der Waals surface area contributed by atoms with Gasteiger partial charge in [0.1, 0.15) is 5.82 Å². The molecule has 0 N–H and O–H groups in total. The summed E-state index contributed by atoms with van der Waals surface area (Å²) >= 11 is 3.75. The summed E-state index contributed by atoms with van der Waals surface area (Å²) < 4.78 is 12.8. The van der Waals surface area contributed by atoms with Gasteiger partial charge in [-0.25, -0.2) is 4.39 Å². The fraction of sp³-hybridized carbons (Fsp3) is 0.200. The van der Waals surface area contributed by atoms with E-state index in [1.54, 1.807) is 0 Å². The lowest BCUT2D eigenvalue weighted by molar-refractivity contribution is 0.626. The van der Waals surface area contributed by atoms with Crippen LogP contribution in [0.2, 0.25) is 0 Å². The second kappa shape index (κ2) is 5.37. The summed E-state index contributed by atoms with van der Waals surface area (Å²) in [5, 5.41) is 0. The monoisotopic (exact) mass is 276 g/mol. The predicted molar refractivity (Wildman–Crippen MR) is 77.0 cm³/mol. The molecule has 0 aliphatic carbocycles. The Bertz CT molecular complexity index is 536. The lowest BCUT2D eigenvalue weighted by Crippen LogP contribution is -1.99. The van der Waals surface area contributed by atoms with Crippen molar-refractivity contribution in [2.45, 2.75) is 15.7 Å². The van der Waals surface area contributed by atoms with Crippen molar-refractivity contribution in [3.05, 3.63) is 59.9 Å². The molecule has 1 aliphatic rings. The van der Waals surface area contributed by atoms with Gasteiger partial charge in [0.2, 0.25) is 0 Å². The molecule has 18 heavy (non-hydrogen) atoms. The van der Waals surface area contributed by atoms with Crippen LogP contribution in [0.25, 0.3) is 0 Å². The molecular weight excluding hydrogens is 263 g/mol. The Morgan fingerprint density at radius 3 is 2.72 bits per heavy atom. The molecule has 0 saturated carbocycles. The van der Waals surface area contributed by atoms with E-state index < -0.39 is 0 Å². The fourth-order valence-corrected chi connectivity index (χ4v) is 4.52. The third kappa shape index (κ3) is 2.57. The van der Waals surface area contributed by atoms with Crippen molar-refractivity contribution in [3.63, 3.8) is 0 Å². The van der Waals surface area contributed by atoms with Crippen molar-refractivity contribution < 1.29 is 4.39 Å². The van der Waals surface area contributed by atoms with Crippen LogP contribution < -0.4 is 0 Å². The summed E-state index contributed by atoms with van der Waals surface area (Å²) in [5.41, 5.74) is 1.47. The fourth-order valence-electron chi connectivity index (χ4n) is 2.09. The van der Waals surface area contributed by atoms with Crippen molar-refractivity contribution in [3.8, 4) is 0 Å². The Balaban J connectivity index is 1.67. The molecule has 1 heterocycles. The largest absolute Gasteiger partial charge is 0.207 e. The van der Waals surface area contributed by atoms with Gasteiger partial charge < -0.3 is 0 Å². The number of benzene rings is 2.